The van der Waals surface area contributed by atoms with Crippen LogP contribution in [0.25, 0.3) is 22.3 Å². The predicted molar refractivity (Wildman–Crippen MR) is 156 cm³/mol. The number of nitrogens with one attached hydrogen (secondary N) is 1. The van der Waals surface area contributed by atoms with Crippen LogP contribution in [0.15, 0.2) is 48.5 Å². The molecule has 3 heterocycles. The van der Waals surface area contributed by atoms with E-state index in [4.69, 9.17) is 15.2 Å². The molecule has 0 saturated carbocycles. The van der Waals surface area contributed by atoms with Crippen LogP contribution in [0, 0.1) is 5.95 Å². The number of nitrogen functional groups attached to an aromatic ring is 1. The Kier molecular flexibility index (Phi) is 7.64. The zero-order chi connectivity index (χ0) is 29.5. The first-order chi connectivity index (χ1) is 19.4. The van der Waals surface area contributed by atoms with Gasteiger partial charge in [0.2, 0.25) is 5.95 Å². The van der Waals surface area contributed by atoms with Crippen molar-refractivity contribution in [2.24, 2.45) is 0 Å². The third-order valence-electron chi connectivity index (χ3n) is 7.58. The van der Waals surface area contributed by atoms with Gasteiger partial charge < -0.3 is 25.4 Å². The average molecular weight is 561 g/mol. The van der Waals surface area contributed by atoms with E-state index in [1.165, 1.54) is 0 Å². The van der Waals surface area contributed by atoms with Crippen LogP contribution in [0.2, 0.25) is 0 Å². The predicted octanol–water partition coefficient (Wildman–Crippen LogP) is 5.98. The molecule has 2 atom stereocenters. The Bertz CT molecular complexity index is 1460. The molecule has 216 valence electrons. The number of rotatable bonds is 4. The SMILES string of the molecule is C[C@H]1CC(Oc2ccc(-c3cc(-c4ccc5c(c4)CCNC5=O)c(N)nc3F)cc2)C[C@H](C)N1C(=O)OC(C)(C)C. The normalized spacial score (nSPS) is 20.7. The van der Waals surface area contributed by atoms with Crippen molar-refractivity contribution in [1.82, 2.24) is 15.2 Å². The summed E-state index contributed by atoms with van der Waals surface area (Å²) in [5.74, 6) is 0.00572. The lowest BCUT2D eigenvalue weighted by molar-refractivity contribution is -0.0179. The number of pyridine rings is 1. The maximum absolute atomic E-state index is 15.0. The molecular weight excluding hydrogens is 523 g/mol. The molecule has 9 heteroatoms. The van der Waals surface area contributed by atoms with Crippen LogP contribution in [0.1, 0.15) is 63.4 Å². The van der Waals surface area contributed by atoms with Gasteiger partial charge in [-0.25, -0.2) is 9.78 Å². The fourth-order valence-corrected chi connectivity index (χ4v) is 5.73. The highest BCUT2D eigenvalue weighted by Crippen LogP contribution is 2.34. The van der Waals surface area contributed by atoms with E-state index >= 15 is 4.39 Å². The molecule has 1 fully saturated rings. The Balaban J connectivity index is 1.31. The van der Waals surface area contributed by atoms with Gasteiger partial charge in [-0.05, 0) is 82.0 Å². The molecule has 2 aromatic carbocycles. The van der Waals surface area contributed by atoms with Crippen molar-refractivity contribution in [3.05, 3.63) is 65.6 Å². The van der Waals surface area contributed by atoms with E-state index in [2.05, 4.69) is 10.3 Å². The number of fused-ring (bicyclic) bond motifs is 1. The second-order valence-electron chi connectivity index (χ2n) is 12.0. The number of nitrogens with two attached hydrogens (primary N) is 1. The van der Waals surface area contributed by atoms with Crippen LogP contribution < -0.4 is 15.8 Å². The van der Waals surface area contributed by atoms with Gasteiger partial charge >= 0.3 is 6.09 Å². The van der Waals surface area contributed by atoms with Gasteiger partial charge in [0.05, 0.1) is 0 Å². The highest BCUT2D eigenvalue weighted by atomic mass is 19.1. The minimum atomic E-state index is -0.658. The second-order valence-corrected chi connectivity index (χ2v) is 12.0. The molecule has 0 unspecified atom stereocenters. The summed E-state index contributed by atoms with van der Waals surface area (Å²) in [6.45, 7) is 10.2. The summed E-state index contributed by atoms with van der Waals surface area (Å²) in [5.41, 5.74) is 9.50. The van der Waals surface area contributed by atoms with E-state index in [1.807, 2.05) is 58.9 Å². The number of ether oxygens (including phenoxy) is 2. The van der Waals surface area contributed by atoms with Gasteiger partial charge in [-0.1, -0.05) is 24.3 Å². The fourth-order valence-electron chi connectivity index (χ4n) is 5.73. The number of nitrogens with zero attached hydrogens (tertiary/aromatic N) is 2. The summed E-state index contributed by atoms with van der Waals surface area (Å²) < 4.78 is 26.9. The number of hydrogen-bond acceptors (Lipinski definition) is 6. The van der Waals surface area contributed by atoms with Crippen molar-refractivity contribution >= 4 is 17.8 Å². The molecule has 2 aliphatic heterocycles. The van der Waals surface area contributed by atoms with Crippen LogP contribution >= 0.6 is 0 Å². The molecule has 3 aromatic rings. The quantitative estimate of drug-likeness (QED) is 0.381. The van der Waals surface area contributed by atoms with Crippen molar-refractivity contribution in [2.75, 3.05) is 12.3 Å². The number of benzene rings is 2. The van der Waals surface area contributed by atoms with E-state index in [-0.39, 0.29) is 36.0 Å². The van der Waals surface area contributed by atoms with Crippen LogP contribution in [-0.2, 0) is 11.2 Å². The number of anilines is 1. The lowest BCUT2D eigenvalue weighted by atomic mass is 9.94. The Morgan fingerprint density at radius 2 is 1.66 bits per heavy atom. The molecule has 5 rings (SSSR count). The summed E-state index contributed by atoms with van der Waals surface area (Å²) in [6.07, 6.45) is 1.69. The molecule has 2 aliphatic rings. The Morgan fingerprint density at radius 3 is 2.32 bits per heavy atom. The molecular formula is C32H37FN4O4. The van der Waals surface area contributed by atoms with Crippen LogP contribution in [-0.4, -0.2) is 52.2 Å². The minimum absolute atomic E-state index is 0.0378. The molecule has 1 saturated heterocycles. The molecule has 1 aromatic heterocycles. The lowest BCUT2D eigenvalue weighted by Gasteiger charge is -2.42. The third kappa shape index (κ3) is 6.14. The molecule has 3 N–H and O–H groups in total. The zero-order valence-corrected chi connectivity index (χ0v) is 24.2. The molecule has 41 heavy (non-hydrogen) atoms. The van der Waals surface area contributed by atoms with E-state index in [1.54, 1.807) is 29.2 Å². The van der Waals surface area contributed by atoms with Gasteiger partial charge in [0.15, 0.2) is 0 Å². The minimum Gasteiger partial charge on any atom is -0.490 e. The summed E-state index contributed by atoms with van der Waals surface area (Å²) >= 11 is 0. The molecule has 0 bridgehead atoms. The number of piperidine rings is 1. The molecule has 0 radical (unpaired) electrons. The standard InChI is InChI=1S/C32H37FN4O4/c1-18-14-24(15-19(2)37(18)31(39)41-32(3,4)5)40-23-9-6-20(7-10-23)26-17-27(29(34)36-28(26)33)21-8-11-25-22(16-21)12-13-35-30(25)38/h6-11,16-19,24H,12-15H2,1-5H3,(H2,34,36)(H,35,38)/t18-,19-/m0/s1. The summed E-state index contributed by atoms with van der Waals surface area (Å²) in [4.78, 5) is 30.6. The second kappa shape index (κ2) is 11.0. The Hall–Kier alpha value is -4.14. The first-order valence-corrected chi connectivity index (χ1v) is 14.1. The van der Waals surface area contributed by atoms with Gasteiger partial charge in [0.1, 0.15) is 23.3 Å². The third-order valence-corrected chi connectivity index (χ3v) is 7.58. The van der Waals surface area contributed by atoms with E-state index in [0.717, 1.165) is 17.5 Å². The lowest BCUT2D eigenvalue weighted by Crippen LogP contribution is -2.53. The van der Waals surface area contributed by atoms with Gasteiger partial charge in [-0.15, -0.1) is 0 Å². The first-order valence-electron chi connectivity index (χ1n) is 14.1. The Morgan fingerprint density at radius 1 is 1.00 bits per heavy atom. The van der Waals surface area contributed by atoms with E-state index < -0.39 is 11.5 Å². The highest BCUT2D eigenvalue weighted by Gasteiger charge is 2.37. The number of carbonyl (C=O) groups excluding carboxylic acids is 2. The number of amides is 2. The fraction of sp³-hybridized carbons (Fsp3) is 0.406. The van der Waals surface area contributed by atoms with Crippen LogP contribution in [0.4, 0.5) is 15.0 Å². The molecule has 0 spiro atoms. The van der Waals surface area contributed by atoms with Crippen LogP contribution in [0.5, 0.6) is 5.75 Å². The Labute approximate surface area is 240 Å². The zero-order valence-electron chi connectivity index (χ0n) is 24.2. The molecule has 0 aliphatic carbocycles. The topological polar surface area (TPSA) is 107 Å². The van der Waals surface area contributed by atoms with Gasteiger partial charge in [0, 0.05) is 48.2 Å². The smallest absolute Gasteiger partial charge is 0.410 e. The number of carbonyl (C=O) groups is 2. The summed E-state index contributed by atoms with van der Waals surface area (Å²) in [7, 11) is 0. The van der Waals surface area contributed by atoms with E-state index in [9.17, 15) is 9.59 Å². The number of halogens is 1. The maximum Gasteiger partial charge on any atom is 0.410 e. The molecule has 2 amide bonds. The van der Waals surface area contributed by atoms with Crippen molar-refractivity contribution in [1.29, 1.82) is 0 Å². The summed E-state index contributed by atoms with van der Waals surface area (Å²) in [5, 5.41) is 2.84. The largest absolute Gasteiger partial charge is 0.490 e. The number of likely N-dealkylation sites (tertiary alicyclic amines) is 1. The summed E-state index contributed by atoms with van der Waals surface area (Å²) in [6, 6.07) is 14.4. The van der Waals surface area contributed by atoms with E-state index in [0.29, 0.717) is 47.4 Å². The van der Waals surface area contributed by atoms with Crippen molar-refractivity contribution in [3.8, 4) is 28.0 Å². The number of hydrogen-bond donors (Lipinski definition) is 2. The van der Waals surface area contributed by atoms with Gasteiger partial charge in [-0.3, -0.25) is 4.79 Å². The van der Waals surface area contributed by atoms with Gasteiger partial charge in [0.25, 0.3) is 5.91 Å². The van der Waals surface area contributed by atoms with Crippen molar-refractivity contribution in [2.45, 2.75) is 77.7 Å². The maximum atomic E-state index is 15.0. The monoisotopic (exact) mass is 560 g/mol. The number of aromatic nitrogens is 1. The van der Waals surface area contributed by atoms with Crippen molar-refractivity contribution < 1.29 is 23.5 Å². The first kappa shape index (κ1) is 28.4. The average Bonchev–Trinajstić information content (AvgIpc) is 2.88. The van der Waals surface area contributed by atoms with Gasteiger partial charge in [-0.2, -0.15) is 4.39 Å². The van der Waals surface area contributed by atoms with Crippen molar-refractivity contribution in [3.63, 3.8) is 0 Å². The molecule has 8 nitrogen and oxygen atoms in total. The van der Waals surface area contributed by atoms with Crippen LogP contribution in [0.3, 0.4) is 0 Å². The highest BCUT2D eigenvalue weighted by molar-refractivity contribution is 5.97.